The van der Waals surface area contributed by atoms with Crippen molar-refractivity contribution >= 4 is 66.2 Å². The number of carbonyl (C=O) groups is 1. The van der Waals surface area contributed by atoms with E-state index in [1.165, 1.54) is 49.4 Å². The molecular weight excluding hydrogens is 545 g/mol. The van der Waals surface area contributed by atoms with Crippen LogP contribution < -0.4 is 14.3 Å². The van der Waals surface area contributed by atoms with Gasteiger partial charge in [0, 0.05) is 10.7 Å². The van der Waals surface area contributed by atoms with E-state index >= 15 is 0 Å². The summed E-state index contributed by atoms with van der Waals surface area (Å²) in [5.41, 5.74) is 2.71. The summed E-state index contributed by atoms with van der Waals surface area (Å²) in [6.45, 7) is 5.24. The predicted molar refractivity (Wildman–Crippen MR) is 145 cm³/mol. The normalized spacial score (nSPS) is 12.6. The summed E-state index contributed by atoms with van der Waals surface area (Å²) in [4.78, 5) is 12.9. The standard InChI is InChI=1S/C24H25Cl2N3O5S2/c1-15-5-9-20(13-16(15)2)29(35(4,31)32)17(3)24(30)27-19-7-10-21(11-8-19)36(33,34)28-23-12-6-18(25)14-22(23)26/h5-14,17,28H,1-4H3,(H,27,30). The van der Waals surface area contributed by atoms with Crippen molar-refractivity contribution in [3.8, 4) is 0 Å². The number of aryl methyl sites for hydroxylation is 2. The molecule has 0 aliphatic carbocycles. The Morgan fingerprint density at radius 3 is 2.08 bits per heavy atom. The Morgan fingerprint density at radius 1 is 0.889 bits per heavy atom. The summed E-state index contributed by atoms with van der Waals surface area (Å²) in [5, 5.41) is 3.14. The minimum atomic E-state index is -3.96. The van der Waals surface area contributed by atoms with Gasteiger partial charge < -0.3 is 5.32 Å². The van der Waals surface area contributed by atoms with Gasteiger partial charge in [0.25, 0.3) is 10.0 Å². The maximum atomic E-state index is 12.9. The molecular formula is C24H25Cl2N3O5S2. The van der Waals surface area contributed by atoms with Gasteiger partial charge in [-0.1, -0.05) is 29.3 Å². The fourth-order valence-electron chi connectivity index (χ4n) is 3.41. The van der Waals surface area contributed by atoms with Crippen molar-refractivity contribution < 1.29 is 21.6 Å². The molecule has 192 valence electrons. The minimum absolute atomic E-state index is 0.0625. The number of carbonyl (C=O) groups excluding carboxylic acids is 1. The van der Waals surface area contributed by atoms with E-state index in [0.717, 1.165) is 21.7 Å². The Kier molecular flexibility index (Phi) is 8.24. The van der Waals surface area contributed by atoms with Crippen molar-refractivity contribution in [2.45, 2.75) is 31.7 Å². The third-order valence-electron chi connectivity index (χ3n) is 5.44. The zero-order valence-electron chi connectivity index (χ0n) is 19.9. The van der Waals surface area contributed by atoms with Gasteiger partial charge in [-0.15, -0.1) is 0 Å². The lowest BCUT2D eigenvalue weighted by Gasteiger charge is -2.28. The first kappa shape index (κ1) is 27.8. The highest BCUT2D eigenvalue weighted by Crippen LogP contribution is 2.28. The third-order valence-corrected chi connectivity index (χ3v) is 8.61. The first-order valence-corrected chi connectivity index (χ1v) is 14.7. The van der Waals surface area contributed by atoms with Crippen LogP contribution in [-0.4, -0.2) is 35.0 Å². The van der Waals surface area contributed by atoms with E-state index in [-0.39, 0.29) is 15.6 Å². The van der Waals surface area contributed by atoms with Crippen molar-refractivity contribution in [2.75, 3.05) is 20.6 Å². The Bertz CT molecular complexity index is 1510. The van der Waals surface area contributed by atoms with Crippen LogP contribution in [0.4, 0.5) is 17.1 Å². The number of nitrogens with one attached hydrogen (secondary N) is 2. The van der Waals surface area contributed by atoms with Crippen molar-refractivity contribution in [2.24, 2.45) is 0 Å². The van der Waals surface area contributed by atoms with E-state index < -0.39 is 32.0 Å². The maximum absolute atomic E-state index is 12.9. The van der Waals surface area contributed by atoms with Crippen molar-refractivity contribution in [1.29, 1.82) is 0 Å². The number of halogens is 2. The van der Waals surface area contributed by atoms with Gasteiger partial charge in [0.15, 0.2) is 0 Å². The molecule has 0 aliphatic heterocycles. The van der Waals surface area contributed by atoms with Gasteiger partial charge >= 0.3 is 0 Å². The average molecular weight is 571 g/mol. The van der Waals surface area contributed by atoms with Crippen LogP contribution in [0.1, 0.15) is 18.1 Å². The number of anilines is 3. The molecule has 0 spiro atoms. The lowest BCUT2D eigenvalue weighted by Crippen LogP contribution is -2.45. The molecule has 0 aliphatic rings. The zero-order valence-corrected chi connectivity index (χ0v) is 23.1. The first-order valence-electron chi connectivity index (χ1n) is 10.6. The lowest BCUT2D eigenvalue weighted by atomic mass is 10.1. The second-order valence-corrected chi connectivity index (χ2v) is 12.6. The second kappa shape index (κ2) is 10.7. The van der Waals surface area contributed by atoms with Gasteiger partial charge in [-0.05, 0) is 86.5 Å². The van der Waals surface area contributed by atoms with Crippen molar-refractivity contribution in [3.63, 3.8) is 0 Å². The summed E-state index contributed by atoms with van der Waals surface area (Å²) in [5.74, 6) is -0.583. The third kappa shape index (κ3) is 6.50. The molecule has 1 amide bonds. The smallest absolute Gasteiger partial charge is 0.261 e. The monoisotopic (exact) mass is 569 g/mol. The van der Waals surface area contributed by atoms with Gasteiger partial charge in [-0.25, -0.2) is 16.8 Å². The highest BCUT2D eigenvalue weighted by molar-refractivity contribution is 7.92. The van der Waals surface area contributed by atoms with Crippen molar-refractivity contribution in [3.05, 3.63) is 81.8 Å². The quantitative estimate of drug-likeness (QED) is 0.387. The molecule has 0 saturated carbocycles. The number of sulfonamides is 2. The van der Waals surface area contributed by atoms with Crippen LogP contribution in [-0.2, 0) is 24.8 Å². The Labute approximate surface area is 221 Å². The molecule has 2 N–H and O–H groups in total. The molecule has 0 bridgehead atoms. The maximum Gasteiger partial charge on any atom is 0.261 e. The van der Waals surface area contributed by atoms with Gasteiger partial charge in [0.2, 0.25) is 15.9 Å². The fourth-order valence-corrected chi connectivity index (χ4v) is 6.17. The molecule has 0 heterocycles. The summed E-state index contributed by atoms with van der Waals surface area (Å²) in [6.07, 6.45) is 1.03. The molecule has 3 rings (SSSR count). The Balaban J connectivity index is 1.78. The summed E-state index contributed by atoms with van der Waals surface area (Å²) >= 11 is 11.9. The fraction of sp³-hybridized carbons (Fsp3) is 0.208. The molecule has 3 aromatic carbocycles. The van der Waals surface area contributed by atoms with Crippen LogP contribution in [0.5, 0.6) is 0 Å². The van der Waals surface area contributed by atoms with Gasteiger partial charge in [0.05, 0.1) is 27.5 Å². The second-order valence-electron chi connectivity index (χ2n) is 8.25. The van der Waals surface area contributed by atoms with Gasteiger partial charge in [-0.3, -0.25) is 13.8 Å². The largest absolute Gasteiger partial charge is 0.324 e. The van der Waals surface area contributed by atoms with E-state index in [4.69, 9.17) is 23.2 Å². The molecule has 0 saturated heterocycles. The van der Waals surface area contributed by atoms with Crippen LogP contribution in [0, 0.1) is 13.8 Å². The van der Waals surface area contributed by atoms with E-state index in [1.807, 2.05) is 13.8 Å². The topological polar surface area (TPSA) is 113 Å². The molecule has 36 heavy (non-hydrogen) atoms. The number of rotatable bonds is 8. The molecule has 0 fully saturated rings. The predicted octanol–water partition coefficient (Wildman–Crippen LogP) is 5.20. The van der Waals surface area contributed by atoms with E-state index in [1.54, 1.807) is 18.2 Å². The van der Waals surface area contributed by atoms with Crippen LogP contribution in [0.15, 0.2) is 65.6 Å². The average Bonchev–Trinajstić information content (AvgIpc) is 2.77. The SMILES string of the molecule is Cc1ccc(N(C(C)C(=O)Nc2ccc(S(=O)(=O)Nc3ccc(Cl)cc3Cl)cc2)S(C)(=O)=O)cc1C. The van der Waals surface area contributed by atoms with E-state index in [0.29, 0.717) is 16.4 Å². The molecule has 8 nitrogen and oxygen atoms in total. The van der Waals surface area contributed by atoms with Crippen LogP contribution >= 0.6 is 23.2 Å². The first-order chi connectivity index (χ1) is 16.7. The van der Waals surface area contributed by atoms with E-state index in [9.17, 15) is 21.6 Å². The number of benzene rings is 3. The zero-order chi connectivity index (χ0) is 26.8. The number of nitrogens with zero attached hydrogens (tertiary/aromatic N) is 1. The Hall–Kier alpha value is -2.79. The number of hydrogen-bond acceptors (Lipinski definition) is 5. The van der Waals surface area contributed by atoms with Crippen LogP contribution in [0.25, 0.3) is 0 Å². The molecule has 12 heteroatoms. The Morgan fingerprint density at radius 2 is 1.53 bits per heavy atom. The number of hydrogen-bond donors (Lipinski definition) is 2. The summed E-state index contributed by atoms with van der Waals surface area (Å²) in [6, 6.07) is 13.9. The van der Waals surface area contributed by atoms with Crippen molar-refractivity contribution in [1.82, 2.24) is 0 Å². The molecule has 1 atom stereocenters. The van der Waals surface area contributed by atoms with Gasteiger partial charge in [-0.2, -0.15) is 0 Å². The molecule has 3 aromatic rings. The summed E-state index contributed by atoms with van der Waals surface area (Å²) < 4.78 is 53.9. The minimum Gasteiger partial charge on any atom is -0.324 e. The highest BCUT2D eigenvalue weighted by Gasteiger charge is 2.29. The number of amides is 1. The van der Waals surface area contributed by atoms with Crippen LogP contribution in [0.2, 0.25) is 10.0 Å². The highest BCUT2D eigenvalue weighted by atomic mass is 35.5. The van der Waals surface area contributed by atoms with Crippen LogP contribution in [0.3, 0.4) is 0 Å². The summed E-state index contributed by atoms with van der Waals surface area (Å²) in [7, 11) is -7.74. The lowest BCUT2D eigenvalue weighted by molar-refractivity contribution is -0.116. The molecule has 0 radical (unpaired) electrons. The molecule has 0 aromatic heterocycles. The molecule has 1 unspecified atom stereocenters. The van der Waals surface area contributed by atoms with Gasteiger partial charge in [0.1, 0.15) is 6.04 Å². The van der Waals surface area contributed by atoms with E-state index in [2.05, 4.69) is 10.0 Å².